The van der Waals surface area contributed by atoms with Crippen LogP contribution in [-0.4, -0.2) is 39.5 Å². The van der Waals surface area contributed by atoms with E-state index in [-0.39, 0.29) is 30.7 Å². The lowest BCUT2D eigenvalue weighted by atomic mass is 10.0. The van der Waals surface area contributed by atoms with Crippen LogP contribution in [0.3, 0.4) is 0 Å². The van der Waals surface area contributed by atoms with E-state index in [1.165, 1.54) is 18.2 Å². The van der Waals surface area contributed by atoms with Crippen LogP contribution in [0.15, 0.2) is 58.1 Å². The van der Waals surface area contributed by atoms with Crippen molar-refractivity contribution in [2.75, 3.05) is 13.2 Å². The van der Waals surface area contributed by atoms with Crippen molar-refractivity contribution in [2.45, 2.75) is 45.3 Å². The molecule has 4 rings (SSSR count). The minimum absolute atomic E-state index is 0.126. The summed E-state index contributed by atoms with van der Waals surface area (Å²) in [5.74, 6) is -0.981. The average Bonchev–Trinajstić information content (AvgIpc) is 3.35. The van der Waals surface area contributed by atoms with E-state index in [0.29, 0.717) is 12.3 Å². The van der Waals surface area contributed by atoms with Gasteiger partial charge in [0.15, 0.2) is 0 Å². The third-order valence-electron chi connectivity index (χ3n) is 5.88. The lowest BCUT2D eigenvalue weighted by molar-refractivity contribution is 0.0849. The first kappa shape index (κ1) is 23.6. The number of rotatable bonds is 7. The fourth-order valence-corrected chi connectivity index (χ4v) is 3.86. The van der Waals surface area contributed by atoms with E-state index in [1.54, 1.807) is 18.2 Å². The number of carbonyl (C=O) groups is 1. The standard InChI is InChI=1S/C25H27FN4O4/c1-16(2)17-9-11-19(12-10-17)30-25(33)29(15-18-6-3-4-8-21(18)26)24(32)22(28-30)23(31)27-14-20-7-5-13-34-20/h3-4,6,8-12,16,20H,5,7,13-15H2,1-2H3,(H,27,31)/t20-/m1/s1. The summed E-state index contributed by atoms with van der Waals surface area (Å²) in [7, 11) is 0. The second kappa shape index (κ2) is 10.1. The number of carbonyl (C=O) groups excluding carboxylic acids is 1. The van der Waals surface area contributed by atoms with Crippen LogP contribution >= 0.6 is 0 Å². The van der Waals surface area contributed by atoms with Crippen LogP contribution in [-0.2, 0) is 11.3 Å². The minimum Gasteiger partial charge on any atom is -0.376 e. The summed E-state index contributed by atoms with van der Waals surface area (Å²) in [6.45, 7) is 4.62. The zero-order valence-corrected chi connectivity index (χ0v) is 19.2. The van der Waals surface area contributed by atoms with E-state index in [9.17, 15) is 18.8 Å². The van der Waals surface area contributed by atoms with E-state index in [4.69, 9.17) is 4.74 Å². The third kappa shape index (κ3) is 4.99. The Morgan fingerprint density at radius 1 is 1.18 bits per heavy atom. The van der Waals surface area contributed by atoms with E-state index in [2.05, 4.69) is 10.4 Å². The van der Waals surface area contributed by atoms with Gasteiger partial charge in [0.05, 0.1) is 18.3 Å². The maximum atomic E-state index is 14.3. The number of nitrogens with zero attached hydrogens (tertiary/aromatic N) is 3. The van der Waals surface area contributed by atoms with Crippen LogP contribution in [0, 0.1) is 5.82 Å². The topological polar surface area (TPSA) is 95.2 Å². The predicted molar refractivity (Wildman–Crippen MR) is 125 cm³/mol. The quantitative estimate of drug-likeness (QED) is 0.578. The summed E-state index contributed by atoms with van der Waals surface area (Å²) in [6, 6.07) is 13.0. The normalized spacial score (nSPS) is 15.6. The summed E-state index contributed by atoms with van der Waals surface area (Å²) in [4.78, 5) is 39.3. The highest BCUT2D eigenvalue weighted by molar-refractivity contribution is 5.91. The second-order valence-corrected chi connectivity index (χ2v) is 8.62. The highest BCUT2D eigenvalue weighted by Gasteiger charge is 2.23. The molecule has 1 N–H and O–H groups in total. The molecule has 1 fully saturated rings. The molecular formula is C25H27FN4O4. The average molecular weight is 467 g/mol. The van der Waals surface area contributed by atoms with Gasteiger partial charge < -0.3 is 10.1 Å². The number of hydrogen-bond donors (Lipinski definition) is 1. The van der Waals surface area contributed by atoms with E-state index in [0.717, 1.165) is 27.7 Å². The van der Waals surface area contributed by atoms with Gasteiger partial charge in [-0.05, 0) is 42.5 Å². The zero-order valence-electron chi connectivity index (χ0n) is 19.2. The Balaban J connectivity index is 1.77. The van der Waals surface area contributed by atoms with E-state index in [1.807, 2.05) is 26.0 Å². The molecular weight excluding hydrogens is 439 g/mol. The maximum absolute atomic E-state index is 14.3. The summed E-state index contributed by atoms with van der Waals surface area (Å²) in [6.07, 6.45) is 1.59. The van der Waals surface area contributed by atoms with Crippen LogP contribution < -0.4 is 16.6 Å². The van der Waals surface area contributed by atoms with E-state index < -0.39 is 28.7 Å². The molecule has 34 heavy (non-hydrogen) atoms. The maximum Gasteiger partial charge on any atom is 0.352 e. The first-order valence-electron chi connectivity index (χ1n) is 11.3. The number of hydrogen-bond acceptors (Lipinski definition) is 5. The number of ether oxygens (including phenoxy) is 1. The monoisotopic (exact) mass is 466 g/mol. The second-order valence-electron chi connectivity index (χ2n) is 8.62. The Kier molecular flexibility index (Phi) is 7.02. The van der Waals surface area contributed by atoms with Crippen molar-refractivity contribution in [1.29, 1.82) is 0 Å². The fourth-order valence-electron chi connectivity index (χ4n) is 3.86. The summed E-state index contributed by atoms with van der Waals surface area (Å²) >= 11 is 0. The van der Waals surface area contributed by atoms with Gasteiger partial charge in [-0.25, -0.2) is 9.18 Å². The molecule has 1 aliphatic heterocycles. The minimum atomic E-state index is -0.881. The van der Waals surface area contributed by atoms with Gasteiger partial charge in [-0.2, -0.15) is 9.78 Å². The molecule has 1 saturated heterocycles. The third-order valence-corrected chi connectivity index (χ3v) is 5.88. The molecule has 1 aromatic heterocycles. The molecule has 0 unspecified atom stereocenters. The van der Waals surface area contributed by atoms with Gasteiger partial charge in [-0.1, -0.05) is 44.2 Å². The Morgan fingerprint density at radius 2 is 1.91 bits per heavy atom. The molecule has 178 valence electrons. The van der Waals surface area contributed by atoms with Gasteiger partial charge in [0, 0.05) is 18.7 Å². The van der Waals surface area contributed by atoms with Crippen molar-refractivity contribution in [3.8, 4) is 5.69 Å². The zero-order chi connectivity index (χ0) is 24.2. The number of amides is 1. The predicted octanol–water partition coefficient (Wildman–Crippen LogP) is 2.61. The van der Waals surface area contributed by atoms with Gasteiger partial charge >= 0.3 is 5.69 Å². The summed E-state index contributed by atoms with van der Waals surface area (Å²) in [5, 5.41) is 6.79. The number of halogens is 1. The van der Waals surface area contributed by atoms with Crippen LogP contribution in [0.1, 0.15) is 54.2 Å². The SMILES string of the molecule is CC(C)c1ccc(-n2nc(C(=O)NC[C@H]3CCCO3)c(=O)n(Cc3ccccc3F)c2=O)cc1. The molecule has 1 atom stereocenters. The van der Waals surface area contributed by atoms with Crippen molar-refractivity contribution >= 4 is 5.91 Å². The lowest BCUT2D eigenvalue weighted by Crippen LogP contribution is -2.46. The Morgan fingerprint density at radius 3 is 2.56 bits per heavy atom. The summed E-state index contributed by atoms with van der Waals surface area (Å²) < 4.78 is 21.7. The van der Waals surface area contributed by atoms with Gasteiger partial charge in [0.1, 0.15) is 5.82 Å². The highest BCUT2D eigenvalue weighted by atomic mass is 19.1. The molecule has 0 bridgehead atoms. The van der Waals surface area contributed by atoms with Crippen molar-refractivity contribution < 1.29 is 13.9 Å². The fraction of sp³-hybridized carbons (Fsp3) is 0.360. The lowest BCUT2D eigenvalue weighted by Gasteiger charge is -2.14. The number of aromatic nitrogens is 3. The molecule has 1 amide bonds. The smallest absolute Gasteiger partial charge is 0.352 e. The van der Waals surface area contributed by atoms with Crippen LogP contribution in [0.2, 0.25) is 0 Å². The molecule has 0 radical (unpaired) electrons. The molecule has 1 aliphatic rings. The van der Waals surface area contributed by atoms with Crippen molar-refractivity contribution in [3.05, 3.63) is 92.0 Å². The van der Waals surface area contributed by atoms with Gasteiger partial charge in [-0.15, -0.1) is 0 Å². The number of nitrogens with one attached hydrogen (secondary N) is 1. The number of benzene rings is 2. The van der Waals surface area contributed by atoms with Crippen molar-refractivity contribution in [1.82, 2.24) is 19.7 Å². The van der Waals surface area contributed by atoms with Crippen LogP contribution in [0.4, 0.5) is 4.39 Å². The van der Waals surface area contributed by atoms with Crippen molar-refractivity contribution in [2.24, 2.45) is 0 Å². The van der Waals surface area contributed by atoms with Gasteiger partial charge in [-0.3, -0.25) is 14.2 Å². The molecule has 9 heteroatoms. The molecule has 0 aliphatic carbocycles. The Hall–Kier alpha value is -3.59. The molecule has 0 saturated carbocycles. The van der Waals surface area contributed by atoms with Crippen molar-refractivity contribution in [3.63, 3.8) is 0 Å². The highest BCUT2D eigenvalue weighted by Crippen LogP contribution is 2.16. The van der Waals surface area contributed by atoms with Gasteiger partial charge in [0.25, 0.3) is 11.5 Å². The molecule has 2 aromatic carbocycles. The Bertz CT molecular complexity index is 1290. The molecule has 0 spiro atoms. The first-order valence-corrected chi connectivity index (χ1v) is 11.3. The van der Waals surface area contributed by atoms with Crippen LogP contribution in [0.25, 0.3) is 5.69 Å². The summed E-state index contributed by atoms with van der Waals surface area (Å²) in [5.41, 5.74) is -0.479. The Labute approximate surface area is 196 Å². The van der Waals surface area contributed by atoms with Gasteiger partial charge in [0.2, 0.25) is 5.69 Å². The molecule has 2 heterocycles. The largest absolute Gasteiger partial charge is 0.376 e. The molecule has 8 nitrogen and oxygen atoms in total. The molecule has 3 aromatic rings. The van der Waals surface area contributed by atoms with Crippen LogP contribution in [0.5, 0.6) is 0 Å². The first-order chi connectivity index (χ1) is 16.3. The van der Waals surface area contributed by atoms with E-state index >= 15 is 0 Å².